The van der Waals surface area contributed by atoms with E-state index in [0.29, 0.717) is 6.54 Å². The number of nitrogens with zero attached hydrogens (tertiary/aromatic N) is 1. The molecule has 0 aliphatic rings. The van der Waals surface area contributed by atoms with Gasteiger partial charge < -0.3 is 5.32 Å². The number of benzene rings is 1. The van der Waals surface area contributed by atoms with Gasteiger partial charge >= 0.3 is 0 Å². The highest BCUT2D eigenvalue weighted by molar-refractivity contribution is 5.76. The van der Waals surface area contributed by atoms with Crippen molar-refractivity contribution in [2.24, 2.45) is 0 Å². The maximum absolute atomic E-state index is 12.5. The van der Waals surface area contributed by atoms with Gasteiger partial charge in [0, 0.05) is 19.4 Å². The van der Waals surface area contributed by atoms with Crippen molar-refractivity contribution in [3.63, 3.8) is 0 Å². The third-order valence-corrected chi connectivity index (χ3v) is 1.87. The van der Waals surface area contributed by atoms with Gasteiger partial charge in [0.25, 0.3) is 0 Å². The van der Waals surface area contributed by atoms with Crippen LogP contribution in [0.1, 0.15) is 18.4 Å². The molecule has 0 aromatic heterocycles. The smallest absolute Gasteiger partial charge is 0.221 e. The largest absolute Gasteiger partial charge is 0.352 e. The van der Waals surface area contributed by atoms with E-state index in [1.165, 1.54) is 12.1 Å². The van der Waals surface area contributed by atoms with Crippen LogP contribution in [0.25, 0.3) is 0 Å². The fraction of sp³-hybridized carbons (Fsp3) is 0.273. The van der Waals surface area contributed by atoms with Gasteiger partial charge in [0.05, 0.1) is 6.07 Å². The third kappa shape index (κ3) is 4.23. The minimum atomic E-state index is -0.297. The quantitative estimate of drug-likeness (QED) is 0.815. The predicted molar refractivity (Wildman–Crippen MR) is 53.1 cm³/mol. The molecule has 0 bridgehead atoms. The Morgan fingerprint density at radius 2 is 2.07 bits per heavy atom. The number of amides is 1. The molecule has 1 aromatic rings. The summed E-state index contributed by atoms with van der Waals surface area (Å²) >= 11 is 0. The number of rotatable bonds is 4. The van der Waals surface area contributed by atoms with Crippen LogP contribution >= 0.6 is 0 Å². The monoisotopic (exact) mass is 206 g/mol. The summed E-state index contributed by atoms with van der Waals surface area (Å²) in [6, 6.07) is 7.80. The summed E-state index contributed by atoms with van der Waals surface area (Å²) < 4.78 is 12.5. The van der Waals surface area contributed by atoms with Gasteiger partial charge in [0.15, 0.2) is 0 Å². The van der Waals surface area contributed by atoms with E-state index in [9.17, 15) is 9.18 Å². The Bertz CT molecular complexity index is 367. The lowest BCUT2D eigenvalue weighted by molar-refractivity contribution is -0.121. The molecule has 1 amide bonds. The summed E-state index contributed by atoms with van der Waals surface area (Å²) in [4.78, 5) is 11.1. The van der Waals surface area contributed by atoms with Crippen LogP contribution < -0.4 is 5.32 Å². The molecule has 4 heteroatoms. The van der Waals surface area contributed by atoms with Crippen LogP contribution in [0.4, 0.5) is 4.39 Å². The van der Waals surface area contributed by atoms with Crippen LogP contribution in [0.5, 0.6) is 0 Å². The molecule has 15 heavy (non-hydrogen) atoms. The van der Waals surface area contributed by atoms with Crippen LogP contribution in [-0.4, -0.2) is 5.91 Å². The Morgan fingerprint density at radius 1 is 1.40 bits per heavy atom. The lowest BCUT2D eigenvalue weighted by Gasteiger charge is -2.03. The molecule has 0 unspecified atom stereocenters. The lowest BCUT2D eigenvalue weighted by atomic mass is 10.2. The Balaban J connectivity index is 2.34. The van der Waals surface area contributed by atoms with Gasteiger partial charge in [-0.2, -0.15) is 5.26 Å². The highest BCUT2D eigenvalue weighted by atomic mass is 19.1. The van der Waals surface area contributed by atoms with Crippen molar-refractivity contribution in [3.05, 3.63) is 35.6 Å². The zero-order valence-corrected chi connectivity index (χ0v) is 8.16. The second-order valence-electron chi connectivity index (χ2n) is 3.06. The van der Waals surface area contributed by atoms with E-state index in [-0.39, 0.29) is 24.6 Å². The maximum Gasteiger partial charge on any atom is 0.221 e. The van der Waals surface area contributed by atoms with E-state index in [0.717, 1.165) is 5.56 Å². The van der Waals surface area contributed by atoms with Crippen molar-refractivity contribution in [2.45, 2.75) is 19.4 Å². The number of nitriles is 1. The van der Waals surface area contributed by atoms with E-state index in [4.69, 9.17) is 5.26 Å². The summed E-state index contributed by atoms with van der Waals surface area (Å²) in [5.74, 6) is -0.463. The van der Waals surface area contributed by atoms with E-state index in [2.05, 4.69) is 5.32 Å². The zero-order valence-electron chi connectivity index (χ0n) is 8.16. The summed E-state index contributed by atoms with van der Waals surface area (Å²) in [5.41, 5.74) is 0.835. The normalized spacial score (nSPS) is 9.33. The van der Waals surface area contributed by atoms with E-state index in [1.807, 2.05) is 6.07 Å². The van der Waals surface area contributed by atoms with Crippen molar-refractivity contribution >= 4 is 5.91 Å². The maximum atomic E-state index is 12.5. The first-order valence-corrected chi connectivity index (χ1v) is 4.60. The molecule has 0 radical (unpaired) electrons. The number of carbonyl (C=O) groups is 1. The summed E-state index contributed by atoms with van der Waals surface area (Å²) in [6.45, 7) is 0.366. The van der Waals surface area contributed by atoms with Crippen LogP contribution in [-0.2, 0) is 11.3 Å². The number of hydrogen-bond acceptors (Lipinski definition) is 2. The summed E-state index contributed by atoms with van der Waals surface area (Å²) in [7, 11) is 0. The molecular formula is C11H11FN2O. The third-order valence-electron chi connectivity index (χ3n) is 1.87. The molecule has 0 saturated heterocycles. The molecule has 0 saturated carbocycles. The number of halogens is 1. The molecule has 0 heterocycles. The highest BCUT2D eigenvalue weighted by Crippen LogP contribution is 2.02. The van der Waals surface area contributed by atoms with Gasteiger partial charge in [-0.25, -0.2) is 4.39 Å². The van der Waals surface area contributed by atoms with Gasteiger partial charge in [0.2, 0.25) is 5.91 Å². The van der Waals surface area contributed by atoms with E-state index >= 15 is 0 Å². The number of hydrogen-bond donors (Lipinski definition) is 1. The van der Waals surface area contributed by atoms with E-state index < -0.39 is 0 Å². The van der Waals surface area contributed by atoms with Gasteiger partial charge in [-0.3, -0.25) is 4.79 Å². The molecule has 0 fully saturated rings. The molecule has 1 aromatic carbocycles. The molecule has 0 aliphatic heterocycles. The van der Waals surface area contributed by atoms with Gasteiger partial charge in [-0.05, 0) is 17.7 Å². The van der Waals surface area contributed by atoms with Crippen molar-refractivity contribution in [1.29, 1.82) is 5.26 Å². The minimum absolute atomic E-state index is 0.166. The fourth-order valence-corrected chi connectivity index (χ4v) is 1.06. The summed E-state index contributed by atoms with van der Waals surface area (Å²) in [6.07, 6.45) is 0.424. The Labute approximate surface area is 87.5 Å². The Morgan fingerprint density at radius 3 is 2.67 bits per heavy atom. The first-order chi connectivity index (χ1) is 7.22. The van der Waals surface area contributed by atoms with Gasteiger partial charge in [0.1, 0.15) is 5.82 Å². The van der Waals surface area contributed by atoms with Crippen molar-refractivity contribution in [2.75, 3.05) is 0 Å². The zero-order chi connectivity index (χ0) is 11.1. The minimum Gasteiger partial charge on any atom is -0.352 e. The van der Waals surface area contributed by atoms with Gasteiger partial charge in [-0.1, -0.05) is 12.1 Å². The second kappa shape index (κ2) is 5.76. The van der Waals surface area contributed by atoms with Gasteiger partial charge in [-0.15, -0.1) is 0 Å². The first kappa shape index (κ1) is 11.2. The van der Waals surface area contributed by atoms with Crippen molar-refractivity contribution in [3.8, 4) is 6.07 Å². The topological polar surface area (TPSA) is 52.9 Å². The average molecular weight is 206 g/mol. The number of carbonyl (C=O) groups excluding carboxylic acids is 1. The van der Waals surface area contributed by atoms with Crippen molar-refractivity contribution < 1.29 is 9.18 Å². The molecule has 1 rings (SSSR count). The molecule has 0 spiro atoms. The fourth-order valence-electron chi connectivity index (χ4n) is 1.06. The molecule has 0 atom stereocenters. The highest BCUT2D eigenvalue weighted by Gasteiger charge is 2.00. The summed E-state index contributed by atoms with van der Waals surface area (Å²) in [5, 5.41) is 10.9. The molecular weight excluding hydrogens is 195 g/mol. The molecule has 78 valence electrons. The SMILES string of the molecule is N#CCCC(=O)NCc1ccc(F)cc1. The first-order valence-electron chi connectivity index (χ1n) is 4.60. The van der Waals surface area contributed by atoms with Crippen LogP contribution in [0.2, 0.25) is 0 Å². The predicted octanol–water partition coefficient (Wildman–Crippen LogP) is 1.75. The van der Waals surface area contributed by atoms with E-state index in [1.54, 1.807) is 12.1 Å². The Kier molecular flexibility index (Phi) is 4.30. The van der Waals surface area contributed by atoms with Crippen molar-refractivity contribution in [1.82, 2.24) is 5.32 Å². The average Bonchev–Trinajstić information content (AvgIpc) is 2.25. The Hall–Kier alpha value is -1.89. The lowest BCUT2D eigenvalue weighted by Crippen LogP contribution is -2.22. The number of nitrogens with one attached hydrogen (secondary N) is 1. The molecule has 0 aliphatic carbocycles. The van der Waals surface area contributed by atoms with Crippen LogP contribution in [0.3, 0.4) is 0 Å². The molecule has 1 N–H and O–H groups in total. The van der Waals surface area contributed by atoms with Crippen LogP contribution in [0.15, 0.2) is 24.3 Å². The standard InChI is InChI=1S/C11H11FN2O/c12-10-5-3-9(4-6-10)8-14-11(15)2-1-7-13/h3-6H,1-2,8H2,(H,14,15). The second-order valence-corrected chi connectivity index (χ2v) is 3.06. The van der Waals surface area contributed by atoms with Crippen LogP contribution in [0, 0.1) is 17.1 Å². The molecule has 3 nitrogen and oxygen atoms in total.